The minimum Gasteiger partial charge on any atom is -0.483 e. The summed E-state index contributed by atoms with van der Waals surface area (Å²) in [5, 5.41) is 0. The molecule has 0 bridgehead atoms. The van der Waals surface area contributed by atoms with Crippen LogP contribution in [0.2, 0.25) is 0 Å². The van der Waals surface area contributed by atoms with E-state index in [0.29, 0.717) is 15.9 Å². The molecule has 0 radical (unpaired) electrons. The highest BCUT2D eigenvalue weighted by atomic mass is 32.2. The summed E-state index contributed by atoms with van der Waals surface area (Å²) in [5.41, 5.74) is 7.47. The standard InChI is InChI=1S/C20H22N2O3S2/c1-14-5-2-3-6-17(14)25-13-18(23)21-22-19(24)15-7-9-16(10-8-15)20-26-11-4-12-27-20/h2-3,5-10,20H,4,11-13H2,1H3,(H,21,23)(H,22,24). The predicted molar refractivity (Wildman–Crippen MR) is 111 cm³/mol. The molecule has 2 aromatic rings. The molecule has 2 N–H and O–H groups in total. The summed E-state index contributed by atoms with van der Waals surface area (Å²) >= 11 is 3.88. The summed E-state index contributed by atoms with van der Waals surface area (Å²) in [7, 11) is 0. The Hall–Kier alpha value is -2.12. The van der Waals surface area contributed by atoms with Crippen LogP contribution in [0.3, 0.4) is 0 Å². The number of aryl methyl sites for hydroxylation is 1. The summed E-state index contributed by atoms with van der Waals surface area (Å²) < 4.78 is 5.89. The molecule has 1 aliphatic rings. The number of hydrogen-bond acceptors (Lipinski definition) is 5. The van der Waals surface area contributed by atoms with Crippen LogP contribution in [0, 0.1) is 6.92 Å². The van der Waals surface area contributed by atoms with E-state index in [-0.39, 0.29) is 12.5 Å². The fraction of sp³-hybridized carbons (Fsp3) is 0.300. The van der Waals surface area contributed by atoms with Gasteiger partial charge in [0.2, 0.25) is 0 Å². The van der Waals surface area contributed by atoms with Gasteiger partial charge in [0.1, 0.15) is 5.75 Å². The average molecular weight is 403 g/mol. The Labute approximate surface area is 167 Å². The van der Waals surface area contributed by atoms with E-state index in [1.165, 1.54) is 23.5 Å². The number of hydrogen-bond donors (Lipinski definition) is 2. The molecule has 142 valence electrons. The van der Waals surface area contributed by atoms with Crippen LogP contribution < -0.4 is 15.6 Å². The molecule has 0 aromatic heterocycles. The molecule has 0 saturated carbocycles. The number of para-hydroxylation sites is 1. The van der Waals surface area contributed by atoms with Gasteiger partial charge in [-0.3, -0.25) is 20.4 Å². The lowest BCUT2D eigenvalue weighted by atomic mass is 10.1. The van der Waals surface area contributed by atoms with Crippen molar-refractivity contribution in [2.45, 2.75) is 17.9 Å². The maximum Gasteiger partial charge on any atom is 0.276 e. The second-order valence-corrected chi connectivity index (χ2v) is 8.83. The van der Waals surface area contributed by atoms with E-state index in [0.717, 1.165) is 5.56 Å². The van der Waals surface area contributed by atoms with Crippen molar-refractivity contribution in [1.29, 1.82) is 0 Å². The highest BCUT2D eigenvalue weighted by Gasteiger charge is 2.17. The van der Waals surface area contributed by atoms with E-state index in [1.54, 1.807) is 18.2 Å². The quantitative estimate of drug-likeness (QED) is 0.747. The average Bonchev–Trinajstić information content (AvgIpc) is 2.72. The highest BCUT2D eigenvalue weighted by Crippen LogP contribution is 2.43. The van der Waals surface area contributed by atoms with Crippen LogP contribution >= 0.6 is 23.5 Å². The van der Waals surface area contributed by atoms with E-state index in [9.17, 15) is 9.59 Å². The van der Waals surface area contributed by atoms with Crippen LogP contribution in [0.25, 0.3) is 0 Å². The molecular formula is C20H22N2O3S2. The van der Waals surface area contributed by atoms with Crippen molar-refractivity contribution in [3.05, 3.63) is 65.2 Å². The van der Waals surface area contributed by atoms with Gasteiger partial charge in [-0.2, -0.15) is 0 Å². The van der Waals surface area contributed by atoms with E-state index in [4.69, 9.17) is 4.74 Å². The summed E-state index contributed by atoms with van der Waals surface area (Å²) in [6, 6.07) is 15.0. The van der Waals surface area contributed by atoms with Gasteiger partial charge in [0.15, 0.2) is 6.61 Å². The maximum atomic E-state index is 12.2. The third-order valence-electron chi connectivity index (χ3n) is 4.04. The van der Waals surface area contributed by atoms with Gasteiger partial charge in [0, 0.05) is 5.56 Å². The van der Waals surface area contributed by atoms with Crippen molar-refractivity contribution in [1.82, 2.24) is 10.9 Å². The van der Waals surface area contributed by atoms with Crippen LogP contribution in [0.5, 0.6) is 5.75 Å². The van der Waals surface area contributed by atoms with Gasteiger partial charge in [-0.25, -0.2) is 0 Å². The normalized spacial score (nSPS) is 14.4. The minimum absolute atomic E-state index is 0.166. The Morgan fingerprint density at radius 1 is 1.04 bits per heavy atom. The van der Waals surface area contributed by atoms with Gasteiger partial charge in [-0.05, 0) is 54.2 Å². The van der Waals surface area contributed by atoms with Gasteiger partial charge in [-0.15, -0.1) is 23.5 Å². The smallest absolute Gasteiger partial charge is 0.276 e. The number of hydrazine groups is 1. The van der Waals surface area contributed by atoms with Crippen LogP contribution in [0.4, 0.5) is 0 Å². The van der Waals surface area contributed by atoms with Crippen LogP contribution in [0.15, 0.2) is 48.5 Å². The molecule has 0 aliphatic carbocycles. The molecule has 5 nitrogen and oxygen atoms in total. The van der Waals surface area contributed by atoms with Gasteiger partial charge in [0.05, 0.1) is 4.58 Å². The first-order chi connectivity index (χ1) is 13.1. The molecular weight excluding hydrogens is 380 g/mol. The van der Waals surface area contributed by atoms with Crippen molar-refractivity contribution in [3.63, 3.8) is 0 Å². The molecule has 2 amide bonds. The van der Waals surface area contributed by atoms with Crippen molar-refractivity contribution in [2.75, 3.05) is 18.1 Å². The first kappa shape index (κ1) is 19.6. The number of ether oxygens (including phenoxy) is 1. The lowest BCUT2D eigenvalue weighted by Gasteiger charge is -2.21. The first-order valence-electron chi connectivity index (χ1n) is 8.74. The van der Waals surface area contributed by atoms with Crippen molar-refractivity contribution < 1.29 is 14.3 Å². The third kappa shape index (κ3) is 5.68. The molecule has 1 heterocycles. The number of thioether (sulfide) groups is 2. The molecule has 1 fully saturated rings. The summed E-state index contributed by atoms with van der Waals surface area (Å²) in [6.45, 7) is 1.74. The second-order valence-electron chi connectivity index (χ2n) is 6.11. The summed E-state index contributed by atoms with van der Waals surface area (Å²) in [4.78, 5) is 24.1. The van der Waals surface area contributed by atoms with Gasteiger partial charge in [0.25, 0.3) is 11.8 Å². The number of nitrogens with one attached hydrogen (secondary N) is 2. The zero-order valence-electron chi connectivity index (χ0n) is 15.1. The molecule has 27 heavy (non-hydrogen) atoms. The number of carbonyl (C=O) groups excluding carboxylic acids is 2. The first-order valence-corrected chi connectivity index (χ1v) is 10.8. The molecule has 3 rings (SSSR count). The minimum atomic E-state index is -0.418. The van der Waals surface area contributed by atoms with Gasteiger partial charge < -0.3 is 4.74 Å². The molecule has 1 saturated heterocycles. The third-order valence-corrected chi connectivity index (χ3v) is 7.06. The molecule has 2 aromatic carbocycles. The van der Waals surface area contributed by atoms with Crippen LogP contribution in [-0.4, -0.2) is 29.9 Å². The number of amides is 2. The number of benzene rings is 2. The Bertz CT molecular complexity index is 790. The zero-order valence-corrected chi connectivity index (χ0v) is 16.7. The predicted octanol–water partition coefficient (Wildman–Crippen LogP) is 3.70. The lowest BCUT2D eigenvalue weighted by Crippen LogP contribution is -2.43. The van der Waals surface area contributed by atoms with Gasteiger partial charge >= 0.3 is 0 Å². The lowest BCUT2D eigenvalue weighted by molar-refractivity contribution is -0.123. The van der Waals surface area contributed by atoms with Crippen molar-refractivity contribution in [2.24, 2.45) is 0 Å². The summed E-state index contributed by atoms with van der Waals surface area (Å²) in [6.07, 6.45) is 1.25. The van der Waals surface area contributed by atoms with E-state index >= 15 is 0 Å². The van der Waals surface area contributed by atoms with Crippen LogP contribution in [-0.2, 0) is 4.79 Å². The Morgan fingerprint density at radius 3 is 2.44 bits per heavy atom. The monoisotopic (exact) mass is 402 g/mol. The van der Waals surface area contributed by atoms with E-state index in [2.05, 4.69) is 10.9 Å². The van der Waals surface area contributed by atoms with Crippen molar-refractivity contribution >= 4 is 35.3 Å². The highest BCUT2D eigenvalue weighted by molar-refractivity contribution is 8.16. The van der Waals surface area contributed by atoms with E-state index < -0.39 is 5.91 Å². The van der Waals surface area contributed by atoms with E-state index in [1.807, 2.05) is 60.8 Å². The molecule has 0 unspecified atom stereocenters. The fourth-order valence-corrected chi connectivity index (χ4v) is 5.46. The van der Waals surface area contributed by atoms with Gasteiger partial charge in [-0.1, -0.05) is 30.3 Å². The van der Waals surface area contributed by atoms with Crippen LogP contribution in [0.1, 0.15) is 32.5 Å². The maximum absolute atomic E-state index is 12.2. The Balaban J connectivity index is 1.45. The Kier molecular flexibility index (Phi) is 7.06. The largest absolute Gasteiger partial charge is 0.483 e. The fourth-order valence-electron chi connectivity index (χ4n) is 2.57. The summed E-state index contributed by atoms with van der Waals surface area (Å²) in [5.74, 6) is 2.23. The molecule has 0 atom stereocenters. The number of carbonyl (C=O) groups is 2. The molecule has 7 heteroatoms. The number of rotatable bonds is 5. The van der Waals surface area contributed by atoms with Crippen molar-refractivity contribution in [3.8, 4) is 5.75 Å². The second kappa shape index (κ2) is 9.71. The molecule has 0 spiro atoms. The Morgan fingerprint density at radius 2 is 1.74 bits per heavy atom. The topological polar surface area (TPSA) is 67.4 Å². The zero-order chi connectivity index (χ0) is 19.1. The molecule has 1 aliphatic heterocycles. The SMILES string of the molecule is Cc1ccccc1OCC(=O)NNC(=O)c1ccc(C2SCCCS2)cc1.